The van der Waals surface area contributed by atoms with E-state index >= 15 is 0 Å². The first-order chi connectivity index (χ1) is 9.69. The third-order valence-electron chi connectivity index (χ3n) is 2.73. The molecule has 1 aromatic rings. The number of nitro groups is 1. The number of hydrogen-bond donors (Lipinski definition) is 0. The monoisotopic (exact) mass is 273 g/mol. The molecule has 4 nitrogen and oxygen atoms in total. The van der Waals surface area contributed by atoms with E-state index < -0.39 is 4.92 Å². The molecule has 0 spiro atoms. The maximum atomic E-state index is 10.6. The first kappa shape index (κ1) is 15.7. The smallest absolute Gasteiger partial charge is 0.268 e. The Morgan fingerprint density at radius 2 is 2.15 bits per heavy atom. The summed E-state index contributed by atoms with van der Waals surface area (Å²) in [5.41, 5.74) is 1.04. The lowest BCUT2D eigenvalue weighted by Gasteiger charge is -2.15. The number of allylic oxidation sites excluding steroid dienone is 3. The molecule has 106 valence electrons. The zero-order valence-electron chi connectivity index (χ0n) is 11.6. The van der Waals surface area contributed by atoms with Crippen molar-refractivity contribution in [1.82, 2.24) is 0 Å². The zero-order chi connectivity index (χ0) is 14.8. The number of benzene rings is 1. The van der Waals surface area contributed by atoms with Gasteiger partial charge >= 0.3 is 0 Å². The van der Waals surface area contributed by atoms with E-state index in [0.717, 1.165) is 18.4 Å². The van der Waals surface area contributed by atoms with Crippen LogP contribution in [0.4, 0.5) is 0 Å². The Morgan fingerprint density at radius 3 is 2.70 bits per heavy atom. The van der Waals surface area contributed by atoms with Gasteiger partial charge in [-0.1, -0.05) is 50.3 Å². The van der Waals surface area contributed by atoms with E-state index in [4.69, 9.17) is 4.74 Å². The van der Waals surface area contributed by atoms with Crippen LogP contribution in [-0.2, 0) is 4.74 Å². The Morgan fingerprint density at radius 1 is 1.45 bits per heavy atom. The summed E-state index contributed by atoms with van der Waals surface area (Å²) in [4.78, 5) is 10.1. The molecule has 0 aliphatic carbocycles. The van der Waals surface area contributed by atoms with E-state index in [1.54, 1.807) is 0 Å². The van der Waals surface area contributed by atoms with Crippen LogP contribution in [0.5, 0.6) is 0 Å². The number of nitrogens with zero attached hydrogens (tertiary/aromatic N) is 1. The molecule has 0 N–H and O–H groups in total. The molecule has 1 aromatic carbocycles. The zero-order valence-corrected chi connectivity index (χ0v) is 11.6. The van der Waals surface area contributed by atoms with Crippen LogP contribution in [0.25, 0.3) is 0 Å². The molecule has 1 atom stereocenters. The van der Waals surface area contributed by atoms with Crippen molar-refractivity contribution in [3.63, 3.8) is 0 Å². The van der Waals surface area contributed by atoms with Gasteiger partial charge < -0.3 is 4.74 Å². The van der Waals surface area contributed by atoms with Crippen LogP contribution in [0, 0.1) is 10.1 Å². The standard InChI is InChI=1S/C16H19NO3/c1-3-9-16(14-10-6-5-7-11-14)20-13-8-12-15(4-2)17(18)19/h4-8,10-13,16H,2-3,9H2,1H3/b13-8+,15-12+. The minimum Gasteiger partial charge on any atom is -0.493 e. The van der Waals surface area contributed by atoms with E-state index in [2.05, 4.69) is 13.5 Å². The van der Waals surface area contributed by atoms with Gasteiger partial charge in [0.05, 0.1) is 11.2 Å². The first-order valence-corrected chi connectivity index (χ1v) is 6.53. The Kier molecular flexibility index (Phi) is 6.82. The highest BCUT2D eigenvalue weighted by Crippen LogP contribution is 2.22. The largest absolute Gasteiger partial charge is 0.493 e. The topological polar surface area (TPSA) is 52.4 Å². The highest BCUT2D eigenvalue weighted by atomic mass is 16.6. The van der Waals surface area contributed by atoms with Crippen LogP contribution in [-0.4, -0.2) is 4.92 Å². The SMILES string of the molecule is C=C/C(=C\C=C\OC(CCC)c1ccccc1)[N+](=O)[O-]. The second-order valence-electron chi connectivity index (χ2n) is 4.21. The summed E-state index contributed by atoms with van der Waals surface area (Å²) in [5, 5.41) is 10.6. The molecule has 1 unspecified atom stereocenters. The van der Waals surface area contributed by atoms with Crippen molar-refractivity contribution in [2.24, 2.45) is 0 Å². The van der Waals surface area contributed by atoms with Gasteiger partial charge in [-0.2, -0.15) is 0 Å². The van der Waals surface area contributed by atoms with Crippen molar-refractivity contribution in [3.05, 3.63) is 82.8 Å². The van der Waals surface area contributed by atoms with Crippen molar-refractivity contribution in [2.75, 3.05) is 0 Å². The van der Waals surface area contributed by atoms with Gasteiger partial charge in [-0.05, 0) is 18.1 Å². The van der Waals surface area contributed by atoms with E-state index in [1.165, 1.54) is 24.5 Å². The van der Waals surface area contributed by atoms with Crippen LogP contribution in [0.2, 0.25) is 0 Å². The molecule has 0 fully saturated rings. The summed E-state index contributed by atoms with van der Waals surface area (Å²) in [6, 6.07) is 9.91. The van der Waals surface area contributed by atoms with Crippen LogP contribution in [0.15, 0.2) is 67.1 Å². The molecule has 4 heteroatoms. The van der Waals surface area contributed by atoms with Crippen LogP contribution >= 0.6 is 0 Å². The molecule has 0 saturated carbocycles. The van der Waals surface area contributed by atoms with E-state index in [1.807, 2.05) is 30.3 Å². The number of ether oxygens (including phenoxy) is 1. The summed E-state index contributed by atoms with van der Waals surface area (Å²) in [5.74, 6) is 0. The average Bonchev–Trinajstić information content (AvgIpc) is 2.46. The minimum absolute atomic E-state index is 0.0337. The lowest BCUT2D eigenvalue weighted by Crippen LogP contribution is -2.00. The molecule has 0 radical (unpaired) electrons. The summed E-state index contributed by atoms with van der Waals surface area (Å²) >= 11 is 0. The van der Waals surface area contributed by atoms with Gasteiger partial charge in [0.1, 0.15) is 6.10 Å². The highest BCUT2D eigenvalue weighted by Gasteiger charge is 2.09. The Hall–Kier alpha value is -2.36. The minimum atomic E-state index is -0.488. The highest BCUT2D eigenvalue weighted by molar-refractivity contribution is 5.18. The van der Waals surface area contributed by atoms with E-state index in [9.17, 15) is 10.1 Å². The normalized spacial score (nSPS) is 13.2. The molecule has 0 aliphatic rings. The van der Waals surface area contributed by atoms with Gasteiger partial charge in [0.15, 0.2) is 0 Å². The van der Waals surface area contributed by atoms with E-state index in [-0.39, 0.29) is 11.8 Å². The fourth-order valence-corrected chi connectivity index (χ4v) is 1.72. The molecule has 0 aliphatic heterocycles. The Balaban J connectivity index is 2.68. The van der Waals surface area contributed by atoms with Crippen molar-refractivity contribution >= 4 is 0 Å². The molecule has 0 amide bonds. The van der Waals surface area contributed by atoms with Crippen molar-refractivity contribution in [1.29, 1.82) is 0 Å². The summed E-state index contributed by atoms with van der Waals surface area (Å²) < 4.78 is 5.66. The van der Waals surface area contributed by atoms with E-state index in [0.29, 0.717) is 0 Å². The number of hydrogen-bond acceptors (Lipinski definition) is 3. The predicted octanol–water partition coefficient (Wildman–Crippen LogP) is 4.40. The van der Waals surface area contributed by atoms with Gasteiger partial charge in [0, 0.05) is 12.2 Å². The van der Waals surface area contributed by atoms with Crippen LogP contribution < -0.4 is 0 Å². The molecule has 0 saturated heterocycles. The van der Waals surface area contributed by atoms with Crippen LogP contribution in [0.3, 0.4) is 0 Å². The molecular weight excluding hydrogens is 254 g/mol. The molecule has 20 heavy (non-hydrogen) atoms. The average molecular weight is 273 g/mol. The molecule has 0 aromatic heterocycles. The van der Waals surface area contributed by atoms with Crippen LogP contribution in [0.1, 0.15) is 31.4 Å². The van der Waals surface area contributed by atoms with Gasteiger partial charge in [-0.3, -0.25) is 10.1 Å². The predicted molar refractivity (Wildman–Crippen MR) is 79.6 cm³/mol. The third kappa shape index (κ3) is 5.10. The lowest BCUT2D eigenvalue weighted by atomic mass is 10.1. The maximum Gasteiger partial charge on any atom is 0.268 e. The molecule has 0 heterocycles. The second kappa shape index (κ2) is 8.69. The quantitative estimate of drug-likeness (QED) is 0.305. The molecule has 1 rings (SSSR count). The third-order valence-corrected chi connectivity index (χ3v) is 2.73. The molecular formula is C16H19NO3. The van der Waals surface area contributed by atoms with Crippen molar-refractivity contribution in [3.8, 4) is 0 Å². The lowest BCUT2D eigenvalue weighted by molar-refractivity contribution is -0.418. The van der Waals surface area contributed by atoms with Gasteiger partial charge in [-0.25, -0.2) is 0 Å². The fourth-order valence-electron chi connectivity index (χ4n) is 1.72. The number of rotatable bonds is 8. The molecule has 0 bridgehead atoms. The van der Waals surface area contributed by atoms with Gasteiger partial charge in [-0.15, -0.1) is 0 Å². The van der Waals surface area contributed by atoms with Gasteiger partial charge in [0.2, 0.25) is 0 Å². The fraction of sp³-hybridized carbons (Fsp3) is 0.250. The summed E-state index contributed by atoms with van der Waals surface area (Å²) in [6.07, 6.45) is 7.42. The second-order valence-corrected chi connectivity index (χ2v) is 4.21. The summed E-state index contributed by atoms with van der Waals surface area (Å²) in [6.45, 7) is 5.48. The van der Waals surface area contributed by atoms with Gasteiger partial charge in [0.25, 0.3) is 5.70 Å². The van der Waals surface area contributed by atoms with Crippen molar-refractivity contribution in [2.45, 2.75) is 25.9 Å². The Labute approximate surface area is 119 Å². The van der Waals surface area contributed by atoms with Crippen molar-refractivity contribution < 1.29 is 9.66 Å². The Bertz CT molecular complexity index is 492. The maximum absolute atomic E-state index is 10.6. The first-order valence-electron chi connectivity index (χ1n) is 6.53. The summed E-state index contributed by atoms with van der Waals surface area (Å²) in [7, 11) is 0.